The third-order valence-corrected chi connectivity index (χ3v) is 3.48. The fraction of sp³-hybridized carbons (Fsp3) is 0.375. The molecule has 1 aromatic carbocycles. The van der Waals surface area contributed by atoms with Crippen molar-refractivity contribution in [2.45, 2.75) is 40.2 Å². The molecule has 0 bridgehead atoms. The summed E-state index contributed by atoms with van der Waals surface area (Å²) < 4.78 is 1.35. The summed E-state index contributed by atoms with van der Waals surface area (Å²) in [5.41, 5.74) is 3.20. The normalized spacial score (nSPS) is 10.6. The molecule has 2 aromatic rings. The summed E-state index contributed by atoms with van der Waals surface area (Å²) in [4.78, 5) is 23.4. The van der Waals surface area contributed by atoms with Crippen LogP contribution < -0.4 is 5.32 Å². The number of carboxylic acid groups (broad SMARTS) is 1. The number of benzene rings is 1. The van der Waals surface area contributed by atoms with Crippen LogP contribution in [0.4, 0.5) is 5.69 Å². The molecule has 0 saturated heterocycles. The zero-order valence-electron chi connectivity index (χ0n) is 13.5. The minimum Gasteiger partial charge on any atom is -0.476 e. The second-order valence-corrected chi connectivity index (χ2v) is 5.46. The Morgan fingerprint density at radius 3 is 2.65 bits per heavy atom. The third-order valence-electron chi connectivity index (χ3n) is 3.48. The first kappa shape index (κ1) is 16.7. The first-order valence-electron chi connectivity index (χ1n) is 7.45. The Morgan fingerprint density at radius 2 is 2.04 bits per heavy atom. The minimum absolute atomic E-state index is 0.0665. The monoisotopic (exact) mass is 316 g/mol. The summed E-state index contributed by atoms with van der Waals surface area (Å²) in [5, 5.41) is 19.4. The van der Waals surface area contributed by atoms with Crippen LogP contribution in [0, 0.1) is 13.8 Å². The molecule has 23 heavy (non-hydrogen) atoms. The van der Waals surface area contributed by atoms with Crippen molar-refractivity contribution < 1.29 is 14.7 Å². The summed E-state index contributed by atoms with van der Waals surface area (Å²) in [5.74, 6) is -1.40. The Labute approximate surface area is 134 Å². The molecule has 1 aromatic heterocycles. The van der Waals surface area contributed by atoms with Gasteiger partial charge in [0.1, 0.15) is 6.54 Å². The highest BCUT2D eigenvalue weighted by Gasteiger charge is 2.19. The number of rotatable bonds is 6. The van der Waals surface area contributed by atoms with E-state index < -0.39 is 5.97 Å². The van der Waals surface area contributed by atoms with E-state index in [0.717, 1.165) is 23.2 Å². The van der Waals surface area contributed by atoms with Crippen LogP contribution in [0.15, 0.2) is 18.2 Å². The predicted octanol–water partition coefficient (Wildman–Crippen LogP) is 2.18. The van der Waals surface area contributed by atoms with Gasteiger partial charge in [-0.05, 0) is 31.9 Å². The Morgan fingerprint density at radius 1 is 1.30 bits per heavy atom. The van der Waals surface area contributed by atoms with Crippen LogP contribution in [0.3, 0.4) is 0 Å². The maximum Gasteiger partial charge on any atom is 0.358 e. The average Bonchev–Trinajstić information content (AvgIpc) is 2.85. The lowest BCUT2D eigenvalue weighted by Crippen LogP contribution is -2.21. The lowest BCUT2D eigenvalue weighted by molar-refractivity contribution is -0.117. The molecule has 7 heteroatoms. The average molecular weight is 316 g/mol. The van der Waals surface area contributed by atoms with Crippen molar-refractivity contribution in [3.63, 3.8) is 0 Å². The molecule has 0 radical (unpaired) electrons. The molecule has 2 N–H and O–H groups in total. The van der Waals surface area contributed by atoms with Gasteiger partial charge >= 0.3 is 5.97 Å². The Kier molecular flexibility index (Phi) is 5.10. The SMILES string of the molecule is CCCc1c(C(=O)O)nnn1CC(=O)Nc1ccc(C)cc1C. The van der Waals surface area contributed by atoms with Crippen molar-refractivity contribution in [1.29, 1.82) is 0 Å². The number of anilines is 1. The molecule has 1 heterocycles. The molecular weight excluding hydrogens is 296 g/mol. The van der Waals surface area contributed by atoms with Gasteiger partial charge in [0.25, 0.3) is 0 Å². The molecule has 0 fully saturated rings. The highest BCUT2D eigenvalue weighted by Crippen LogP contribution is 2.16. The minimum atomic E-state index is -1.13. The number of nitrogens with zero attached hydrogens (tertiary/aromatic N) is 3. The van der Waals surface area contributed by atoms with Crippen LogP contribution >= 0.6 is 0 Å². The second-order valence-electron chi connectivity index (χ2n) is 5.46. The highest BCUT2D eigenvalue weighted by atomic mass is 16.4. The summed E-state index contributed by atoms with van der Waals surface area (Å²) in [7, 11) is 0. The van der Waals surface area contributed by atoms with Gasteiger partial charge in [0.05, 0.1) is 5.69 Å². The number of aryl methyl sites for hydroxylation is 2. The molecule has 0 saturated carbocycles. The molecule has 122 valence electrons. The van der Waals surface area contributed by atoms with Crippen LogP contribution in [0.1, 0.15) is 40.7 Å². The van der Waals surface area contributed by atoms with E-state index in [1.807, 2.05) is 39.0 Å². The van der Waals surface area contributed by atoms with Gasteiger partial charge in [-0.25, -0.2) is 9.48 Å². The predicted molar refractivity (Wildman–Crippen MR) is 85.5 cm³/mol. The quantitative estimate of drug-likeness (QED) is 0.851. The number of carbonyl (C=O) groups excluding carboxylic acids is 1. The van der Waals surface area contributed by atoms with Gasteiger partial charge in [0.15, 0.2) is 5.69 Å². The molecule has 1 amide bonds. The lowest BCUT2D eigenvalue weighted by atomic mass is 10.1. The van der Waals surface area contributed by atoms with E-state index in [0.29, 0.717) is 12.1 Å². The first-order valence-corrected chi connectivity index (χ1v) is 7.45. The molecule has 0 aliphatic carbocycles. The van der Waals surface area contributed by atoms with Crippen molar-refractivity contribution in [2.24, 2.45) is 0 Å². The number of hydrogen-bond donors (Lipinski definition) is 2. The number of nitrogens with one attached hydrogen (secondary N) is 1. The maximum absolute atomic E-state index is 12.2. The molecule has 0 atom stereocenters. The lowest BCUT2D eigenvalue weighted by Gasteiger charge is -2.10. The van der Waals surface area contributed by atoms with Crippen molar-refractivity contribution >= 4 is 17.6 Å². The van der Waals surface area contributed by atoms with Crippen molar-refractivity contribution in [1.82, 2.24) is 15.0 Å². The van der Waals surface area contributed by atoms with Crippen molar-refractivity contribution in [3.05, 3.63) is 40.7 Å². The van der Waals surface area contributed by atoms with E-state index in [9.17, 15) is 9.59 Å². The standard InChI is InChI=1S/C16H20N4O3/c1-4-5-13-15(16(22)23)18-19-20(13)9-14(21)17-12-7-6-10(2)8-11(12)3/h6-8H,4-5,9H2,1-3H3,(H,17,21)(H,22,23). The molecular formula is C16H20N4O3. The van der Waals surface area contributed by atoms with Gasteiger partial charge < -0.3 is 10.4 Å². The molecule has 0 aliphatic heterocycles. The van der Waals surface area contributed by atoms with Gasteiger partial charge in [0, 0.05) is 5.69 Å². The number of aromatic nitrogens is 3. The van der Waals surface area contributed by atoms with E-state index in [-0.39, 0.29) is 18.1 Å². The van der Waals surface area contributed by atoms with E-state index in [2.05, 4.69) is 15.6 Å². The van der Waals surface area contributed by atoms with E-state index in [1.54, 1.807) is 0 Å². The zero-order chi connectivity index (χ0) is 17.0. The van der Waals surface area contributed by atoms with E-state index in [4.69, 9.17) is 5.11 Å². The van der Waals surface area contributed by atoms with Crippen LogP contribution in [0.25, 0.3) is 0 Å². The summed E-state index contributed by atoms with van der Waals surface area (Å²) in [6.07, 6.45) is 1.25. The molecule has 7 nitrogen and oxygen atoms in total. The van der Waals surface area contributed by atoms with E-state index in [1.165, 1.54) is 4.68 Å². The number of carboxylic acids is 1. The zero-order valence-corrected chi connectivity index (χ0v) is 13.5. The van der Waals surface area contributed by atoms with Crippen molar-refractivity contribution in [2.75, 3.05) is 5.32 Å². The smallest absolute Gasteiger partial charge is 0.358 e. The van der Waals surface area contributed by atoms with Crippen molar-refractivity contribution in [3.8, 4) is 0 Å². The van der Waals surface area contributed by atoms with Crippen LogP contribution in [0.2, 0.25) is 0 Å². The molecule has 2 rings (SSSR count). The molecule has 0 spiro atoms. The van der Waals surface area contributed by atoms with Gasteiger partial charge in [0.2, 0.25) is 5.91 Å². The van der Waals surface area contributed by atoms with Gasteiger partial charge in [-0.3, -0.25) is 4.79 Å². The summed E-state index contributed by atoms with van der Waals surface area (Å²) in [6.45, 7) is 5.77. The van der Waals surface area contributed by atoms with Crippen LogP contribution in [-0.4, -0.2) is 32.0 Å². The van der Waals surface area contributed by atoms with Crippen LogP contribution in [-0.2, 0) is 17.8 Å². The third kappa shape index (κ3) is 3.94. The summed E-state index contributed by atoms with van der Waals surface area (Å²) >= 11 is 0. The maximum atomic E-state index is 12.2. The number of aromatic carboxylic acids is 1. The fourth-order valence-corrected chi connectivity index (χ4v) is 2.39. The Balaban J connectivity index is 2.15. The largest absolute Gasteiger partial charge is 0.476 e. The number of amides is 1. The van der Waals surface area contributed by atoms with E-state index >= 15 is 0 Å². The van der Waals surface area contributed by atoms with Gasteiger partial charge in [-0.15, -0.1) is 5.10 Å². The Bertz CT molecular complexity index is 737. The number of carbonyl (C=O) groups is 2. The first-order chi connectivity index (χ1) is 10.9. The fourth-order valence-electron chi connectivity index (χ4n) is 2.39. The topological polar surface area (TPSA) is 97.1 Å². The molecule has 0 unspecified atom stereocenters. The second kappa shape index (κ2) is 7.04. The highest BCUT2D eigenvalue weighted by molar-refractivity contribution is 5.91. The van der Waals surface area contributed by atoms with Crippen LogP contribution in [0.5, 0.6) is 0 Å². The Hall–Kier alpha value is -2.70. The molecule has 0 aliphatic rings. The van der Waals surface area contributed by atoms with Gasteiger partial charge in [-0.2, -0.15) is 0 Å². The summed E-state index contributed by atoms with van der Waals surface area (Å²) in [6, 6.07) is 5.75. The van der Waals surface area contributed by atoms with Gasteiger partial charge in [-0.1, -0.05) is 36.3 Å². The number of hydrogen-bond acceptors (Lipinski definition) is 4.